The Labute approximate surface area is 126 Å². The minimum Gasteiger partial charge on any atom is -0.497 e. The first-order chi connectivity index (χ1) is 10.1. The Balaban J connectivity index is 2.53. The fraction of sp³-hybridized carbons (Fsp3) is 0.438. The van der Waals surface area contributed by atoms with Crippen LogP contribution in [0.1, 0.15) is 18.4 Å². The van der Waals surface area contributed by atoms with Crippen molar-refractivity contribution < 1.29 is 19.1 Å². The Hall–Kier alpha value is -1.85. The second kappa shape index (κ2) is 9.15. The van der Waals surface area contributed by atoms with Crippen molar-refractivity contribution in [3.63, 3.8) is 0 Å². The molecular weight excluding hydrogens is 270 g/mol. The number of methoxy groups -OCH3 is 1. The van der Waals surface area contributed by atoms with Gasteiger partial charge in [0.25, 0.3) is 0 Å². The van der Waals surface area contributed by atoms with Crippen LogP contribution in [0.3, 0.4) is 0 Å². The van der Waals surface area contributed by atoms with Gasteiger partial charge < -0.3 is 9.47 Å². The molecule has 0 saturated heterocycles. The lowest BCUT2D eigenvalue weighted by Crippen LogP contribution is -2.29. The highest BCUT2D eigenvalue weighted by Gasteiger charge is 2.16. The second-order valence-corrected chi connectivity index (χ2v) is 4.58. The number of nitrogens with zero attached hydrogens (tertiary/aromatic N) is 1. The molecule has 0 spiro atoms. The van der Waals surface area contributed by atoms with E-state index < -0.39 is 0 Å². The first-order valence-electron chi connectivity index (χ1n) is 6.76. The molecular formula is C16H23NO4. The summed E-state index contributed by atoms with van der Waals surface area (Å²) in [7, 11) is 4.67. The van der Waals surface area contributed by atoms with E-state index in [-0.39, 0.29) is 18.4 Å². The van der Waals surface area contributed by atoms with Crippen molar-refractivity contribution in [2.45, 2.75) is 25.6 Å². The largest absolute Gasteiger partial charge is 0.497 e. The van der Waals surface area contributed by atoms with Crippen LogP contribution in [0, 0.1) is 0 Å². The zero-order chi connectivity index (χ0) is 15.7. The molecule has 0 aliphatic rings. The van der Waals surface area contributed by atoms with Crippen molar-refractivity contribution in [2.24, 2.45) is 0 Å². The van der Waals surface area contributed by atoms with Gasteiger partial charge in [0.1, 0.15) is 5.75 Å². The van der Waals surface area contributed by atoms with E-state index >= 15 is 0 Å². The van der Waals surface area contributed by atoms with Crippen LogP contribution in [0.2, 0.25) is 0 Å². The summed E-state index contributed by atoms with van der Waals surface area (Å²) in [6.07, 6.45) is 2.40. The molecule has 1 aromatic carbocycles. The summed E-state index contributed by atoms with van der Waals surface area (Å²) in [6.45, 7) is 4.13. The molecule has 0 aromatic heterocycles. The lowest BCUT2D eigenvalue weighted by Gasteiger charge is -2.19. The lowest BCUT2D eigenvalue weighted by molar-refractivity contribution is -0.171. The highest BCUT2D eigenvalue weighted by atomic mass is 16.7. The number of ether oxygens (including phenoxy) is 2. The van der Waals surface area contributed by atoms with Crippen LogP contribution in [0.25, 0.3) is 0 Å². The highest BCUT2D eigenvalue weighted by Crippen LogP contribution is 2.15. The van der Waals surface area contributed by atoms with Gasteiger partial charge in [-0.25, -0.2) is 5.06 Å². The normalized spacial score (nSPS) is 11.8. The van der Waals surface area contributed by atoms with E-state index in [9.17, 15) is 4.79 Å². The fourth-order valence-electron chi connectivity index (χ4n) is 1.76. The van der Waals surface area contributed by atoms with Gasteiger partial charge in [-0.3, -0.25) is 9.63 Å². The molecule has 0 N–H and O–H groups in total. The third kappa shape index (κ3) is 5.97. The number of benzene rings is 1. The van der Waals surface area contributed by atoms with E-state index in [0.29, 0.717) is 13.0 Å². The number of amides is 1. The molecule has 0 radical (unpaired) electrons. The third-order valence-corrected chi connectivity index (χ3v) is 3.10. The van der Waals surface area contributed by atoms with Crippen LogP contribution in [0.5, 0.6) is 5.75 Å². The second-order valence-electron chi connectivity index (χ2n) is 4.58. The van der Waals surface area contributed by atoms with Crippen molar-refractivity contribution in [1.82, 2.24) is 5.06 Å². The standard InChI is InChI=1S/C16H23NO4/c1-5-6-15(11-16(18)17(2)20-4)21-12-13-7-9-14(19-3)10-8-13/h5,7-10,15H,1,6,11-12H2,2-4H3/t15-/m0/s1. The summed E-state index contributed by atoms with van der Waals surface area (Å²) in [5.41, 5.74) is 1.03. The van der Waals surface area contributed by atoms with Gasteiger partial charge in [-0.2, -0.15) is 0 Å². The Kier molecular flexibility index (Phi) is 7.50. The first-order valence-corrected chi connectivity index (χ1v) is 6.76. The van der Waals surface area contributed by atoms with Crippen LogP contribution in [0.4, 0.5) is 0 Å². The topological polar surface area (TPSA) is 48.0 Å². The first kappa shape index (κ1) is 17.2. The van der Waals surface area contributed by atoms with Gasteiger partial charge in [0, 0.05) is 7.05 Å². The van der Waals surface area contributed by atoms with E-state index in [1.807, 2.05) is 24.3 Å². The van der Waals surface area contributed by atoms with Gasteiger partial charge in [0.05, 0.1) is 33.4 Å². The number of rotatable bonds is 9. The minimum atomic E-state index is -0.213. The number of hydrogen-bond acceptors (Lipinski definition) is 4. The van der Waals surface area contributed by atoms with Crippen molar-refractivity contribution >= 4 is 5.91 Å². The number of carbonyl (C=O) groups excluding carboxylic acids is 1. The van der Waals surface area contributed by atoms with E-state index in [4.69, 9.17) is 14.3 Å². The third-order valence-electron chi connectivity index (χ3n) is 3.10. The van der Waals surface area contributed by atoms with Gasteiger partial charge >= 0.3 is 0 Å². The van der Waals surface area contributed by atoms with E-state index in [1.54, 1.807) is 20.2 Å². The number of hydroxylamine groups is 2. The maximum absolute atomic E-state index is 11.8. The summed E-state index contributed by atoms with van der Waals surface area (Å²) in [4.78, 5) is 16.7. The monoisotopic (exact) mass is 293 g/mol. The van der Waals surface area contributed by atoms with E-state index in [1.165, 1.54) is 12.2 Å². The molecule has 116 valence electrons. The van der Waals surface area contributed by atoms with Crippen LogP contribution >= 0.6 is 0 Å². The van der Waals surface area contributed by atoms with Crippen molar-refractivity contribution in [1.29, 1.82) is 0 Å². The zero-order valence-corrected chi connectivity index (χ0v) is 12.9. The maximum Gasteiger partial charge on any atom is 0.248 e. The number of hydrogen-bond donors (Lipinski definition) is 0. The summed E-state index contributed by atoms with van der Waals surface area (Å²) in [5, 5.41) is 1.20. The Morgan fingerprint density at radius 1 is 1.33 bits per heavy atom. The summed E-state index contributed by atoms with van der Waals surface area (Å²) >= 11 is 0. The van der Waals surface area contributed by atoms with E-state index in [0.717, 1.165) is 11.3 Å². The highest BCUT2D eigenvalue weighted by molar-refractivity contribution is 5.75. The maximum atomic E-state index is 11.8. The summed E-state index contributed by atoms with van der Waals surface area (Å²) < 4.78 is 10.9. The Bertz CT molecular complexity index is 444. The molecule has 0 unspecified atom stereocenters. The molecule has 1 atom stereocenters. The molecule has 1 rings (SSSR count). The smallest absolute Gasteiger partial charge is 0.248 e. The minimum absolute atomic E-state index is 0.126. The van der Waals surface area contributed by atoms with Crippen molar-refractivity contribution in [3.05, 3.63) is 42.5 Å². The van der Waals surface area contributed by atoms with Crippen molar-refractivity contribution in [2.75, 3.05) is 21.3 Å². The zero-order valence-electron chi connectivity index (χ0n) is 12.9. The average molecular weight is 293 g/mol. The van der Waals surface area contributed by atoms with Gasteiger partial charge in [-0.15, -0.1) is 6.58 Å². The van der Waals surface area contributed by atoms with Gasteiger partial charge in [0.15, 0.2) is 0 Å². The summed E-state index contributed by atoms with van der Waals surface area (Å²) in [6, 6.07) is 7.63. The van der Waals surface area contributed by atoms with Gasteiger partial charge in [0.2, 0.25) is 5.91 Å². The predicted octanol–water partition coefficient (Wildman–Crippen LogP) is 2.57. The molecule has 0 aliphatic heterocycles. The number of carbonyl (C=O) groups is 1. The van der Waals surface area contributed by atoms with Crippen LogP contribution in [-0.4, -0.2) is 38.3 Å². The molecule has 5 nitrogen and oxygen atoms in total. The fourth-order valence-corrected chi connectivity index (χ4v) is 1.76. The lowest BCUT2D eigenvalue weighted by atomic mass is 10.1. The Morgan fingerprint density at radius 2 is 2.00 bits per heavy atom. The molecule has 0 saturated carbocycles. The predicted molar refractivity (Wildman–Crippen MR) is 80.8 cm³/mol. The Morgan fingerprint density at radius 3 is 2.52 bits per heavy atom. The van der Waals surface area contributed by atoms with Crippen LogP contribution < -0.4 is 4.74 Å². The molecule has 0 bridgehead atoms. The van der Waals surface area contributed by atoms with Gasteiger partial charge in [-0.1, -0.05) is 18.2 Å². The van der Waals surface area contributed by atoms with Gasteiger partial charge in [-0.05, 0) is 24.1 Å². The molecule has 0 heterocycles. The molecule has 0 fully saturated rings. The SMILES string of the molecule is C=CC[C@@H](CC(=O)N(C)OC)OCc1ccc(OC)cc1. The quantitative estimate of drug-likeness (QED) is 0.518. The molecule has 5 heteroatoms. The van der Waals surface area contributed by atoms with Crippen molar-refractivity contribution in [3.8, 4) is 5.75 Å². The molecule has 21 heavy (non-hydrogen) atoms. The average Bonchev–Trinajstić information content (AvgIpc) is 2.52. The van der Waals surface area contributed by atoms with Crippen LogP contribution in [-0.2, 0) is 21.0 Å². The molecule has 1 aromatic rings. The molecule has 0 aliphatic carbocycles. The molecule has 1 amide bonds. The van der Waals surface area contributed by atoms with E-state index in [2.05, 4.69) is 6.58 Å². The van der Waals surface area contributed by atoms with Crippen LogP contribution in [0.15, 0.2) is 36.9 Å². The summed E-state index contributed by atoms with van der Waals surface area (Å²) in [5.74, 6) is 0.678.